The molecular formula is C14H16FN3O2. The van der Waals surface area contributed by atoms with Crippen molar-refractivity contribution >= 4 is 11.6 Å². The van der Waals surface area contributed by atoms with Gasteiger partial charge < -0.3 is 10.1 Å². The molecule has 1 amide bonds. The van der Waals surface area contributed by atoms with E-state index in [2.05, 4.69) is 10.4 Å². The molecule has 0 fully saturated rings. The summed E-state index contributed by atoms with van der Waals surface area (Å²) in [6, 6.07) is 5.72. The number of amides is 1. The van der Waals surface area contributed by atoms with E-state index in [1.165, 1.54) is 18.2 Å². The van der Waals surface area contributed by atoms with Crippen LogP contribution in [0.2, 0.25) is 0 Å². The first-order valence-corrected chi connectivity index (χ1v) is 6.41. The molecule has 1 N–H and O–H groups in total. The molecule has 0 spiro atoms. The van der Waals surface area contributed by atoms with Crippen molar-refractivity contribution in [3.05, 3.63) is 41.8 Å². The Morgan fingerprint density at radius 2 is 2.25 bits per heavy atom. The third-order valence-corrected chi connectivity index (χ3v) is 2.66. The second-order valence-corrected chi connectivity index (χ2v) is 4.10. The number of aryl methyl sites for hydroxylation is 1. The van der Waals surface area contributed by atoms with E-state index >= 15 is 0 Å². The number of halogens is 1. The predicted molar refractivity (Wildman–Crippen MR) is 73.4 cm³/mol. The van der Waals surface area contributed by atoms with Gasteiger partial charge in [-0.3, -0.25) is 9.48 Å². The molecule has 2 rings (SSSR count). The molecule has 6 heteroatoms. The highest BCUT2D eigenvalue weighted by Crippen LogP contribution is 2.18. The first kappa shape index (κ1) is 14.0. The summed E-state index contributed by atoms with van der Waals surface area (Å²) in [6.07, 6.45) is 1.61. The summed E-state index contributed by atoms with van der Waals surface area (Å²) in [6.45, 7) is 4.78. The van der Waals surface area contributed by atoms with Crippen LogP contribution >= 0.6 is 0 Å². The quantitative estimate of drug-likeness (QED) is 0.914. The van der Waals surface area contributed by atoms with Crippen LogP contribution in [-0.4, -0.2) is 22.3 Å². The van der Waals surface area contributed by atoms with Crippen molar-refractivity contribution in [3.63, 3.8) is 0 Å². The van der Waals surface area contributed by atoms with Gasteiger partial charge in [-0.2, -0.15) is 0 Å². The fourth-order valence-corrected chi connectivity index (χ4v) is 1.73. The number of hydrogen-bond donors (Lipinski definition) is 1. The highest BCUT2D eigenvalue weighted by Gasteiger charge is 2.17. The molecule has 1 aromatic carbocycles. The van der Waals surface area contributed by atoms with E-state index in [0.717, 1.165) is 0 Å². The Bertz CT molecular complexity index is 610. The molecular weight excluding hydrogens is 261 g/mol. The maximum absolute atomic E-state index is 13.1. The molecule has 0 atom stereocenters. The van der Waals surface area contributed by atoms with Gasteiger partial charge in [-0.15, -0.1) is 5.10 Å². The molecule has 0 unspecified atom stereocenters. The van der Waals surface area contributed by atoms with Crippen molar-refractivity contribution < 1.29 is 13.9 Å². The second kappa shape index (κ2) is 6.18. The van der Waals surface area contributed by atoms with E-state index in [1.54, 1.807) is 16.9 Å². The molecule has 0 radical (unpaired) electrons. The van der Waals surface area contributed by atoms with Crippen LogP contribution in [0.4, 0.5) is 10.1 Å². The first-order valence-electron chi connectivity index (χ1n) is 6.41. The molecule has 0 saturated carbocycles. The summed E-state index contributed by atoms with van der Waals surface area (Å²) in [5.41, 5.74) is 0.722. The Hall–Kier alpha value is -2.37. The number of carbonyl (C=O) groups excluding carboxylic acids is 1. The van der Waals surface area contributed by atoms with Gasteiger partial charge in [-0.1, -0.05) is 6.07 Å². The Labute approximate surface area is 116 Å². The second-order valence-electron chi connectivity index (χ2n) is 4.10. The minimum Gasteiger partial charge on any atom is -0.476 e. The Kier molecular flexibility index (Phi) is 4.34. The third kappa shape index (κ3) is 3.14. The highest BCUT2D eigenvalue weighted by atomic mass is 19.1. The van der Waals surface area contributed by atoms with Gasteiger partial charge >= 0.3 is 0 Å². The molecule has 0 saturated heterocycles. The lowest BCUT2D eigenvalue weighted by atomic mass is 10.2. The summed E-state index contributed by atoms with van der Waals surface area (Å²) in [7, 11) is 0. The number of rotatable bonds is 5. The lowest BCUT2D eigenvalue weighted by Crippen LogP contribution is -2.12. The zero-order valence-corrected chi connectivity index (χ0v) is 11.4. The monoisotopic (exact) mass is 277 g/mol. The summed E-state index contributed by atoms with van der Waals surface area (Å²) in [4.78, 5) is 12.2. The normalized spacial score (nSPS) is 10.3. The fourth-order valence-electron chi connectivity index (χ4n) is 1.73. The summed E-state index contributed by atoms with van der Waals surface area (Å²) >= 11 is 0. The van der Waals surface area contributed by atoms with Crippen LogP contribution in [0.3, 0.4) is 0 Å². The molecule has 5 nitrogen and oxygen atoms in total. The van der Waals surface area contributed by atoms with Gasteiger partial charge in [0.1, 0.15) is 11.4 Å². The minimum absolute atomic E-state index is 0.281. The Morgan fingerprint density at radius 1 is 1.45 bits per heavy atom. The van der Waals surface area contributed by atoms with E-state index in [4.69, 9.17) is 4.74 Å². The van der Waals surface area contributed by atoms with Crippen molar-refractivity contribution in [2.45, 2.75) is 20.4 Å². The van der Waals surface area contributed by atoms with Crippen LogP contribution in [0.1, 0.15) is 24.2 Å². The molecule has 106 valence electrons. The van der Waals surface area contributed by atoms with E-state index in [-0.39, 0.29) is 11.8 Å². The van der Waals surface area contributed by atoms with Crippen molar-refractivity contribution in [3.8, 4) is 5.88 Å². The molecule has 1 heterocycles. The maximum Gasteiger partial charge on any atom is 0.262 e. The van der Waals surface area contributed by atoms with Gasteiger partial charge in [0.25, 0.3) is 5.91 Å². The summed E-state index contributed by atoms with van der Waals surface area (Å²) < 4.78 is 20.0. The van der Waals surface area contributed by atoms with Crippen LogP contribution in [0.15, 0.2) is 30.5 Å². The zero-order valence-electron chi connectivity index (χ0n) is 11.4. The van der Waals surface area contributed by atoms with Crippen LogP contribution in [0.5, 0.6) is 5.88 Å². The van der Waals surface area contributed by atoms with Crippen molar-refractivity contribution in [1.82, 2.24) is 9.78 Å². The number of carbonyl (C=O) groups is 1. The number of nitrogens with zero attached hydrogens (tertiary/aromatic N) is 2. The number of aromatic nitrogens is 2. The molecule has 20 heavy (non-hydrogen) atoms. The van der Waals surface area contributed by atoms with E-state index in [9.17, 15) is 9.18 Å². The lowest BCUT2D eigenvalue weighted by Gasteiger charge is -2.05. The highest BCUT2D eigenvalue weighted by molar-refractivity contribution is 6.05. The SMILES string of the molecule is CCOc1nn(CC)cc1C(=O)Nc1cccc(F)c1. The Morgan fingerprint density at radius 3 is 2.90 bits per heavy atom. The number of nitrogens with one attached hydrogen (secondary N) is 1. The van der Waals surface area contributed by atoms with Gasteiger partial charge in [0.05, 0.1) is 6.61 Å². The van der Waals surface area contributed by atoms with E-state index < -0.39 is 5.82 Å². The van der Waals surface area contributed by atoms with Gasteiger partial charge in [-0.25, -0.2) is 4.39 Å². The number of anilines is 1. The summed E-state index contributed by atoms with van der Waals surface area (Å²) in [5.74, 6) is -0.501. The van der Waals surface area contributed by atoms with Gasteiger partial charge in [-0.05, 0) is 32.0 Å². The fraction of sp³-hybridized carbons (Fsp3) is 0.286. The smallest absolute Gasteiger partial charge is 0.262 e. The van der Waals surface area contributed by atoms with Crippen molar-refractivity contribution in [2.24, 2.45) is 0 Å². The molecule has 0 aliphatic rings. The van der Waals surface area contributed by atoms with Gasteiger partial charge in [0, 0.05) is 18.4 Å². The number of benzene rings is 1. The third-order valence-electron chi connectivity index (χ3n) is 2.66. The minimum atomic E-state index is -0.405. The number of hydrogen-bond acceptors (Lipinski definition) is 3. The van der Waals surface area contributed by atoms with Crippen LogP contribution < -0.4 is 10.1 Å². The van der Waals surface area contributed by atoms with E-state index in [1.807, 2.05) is 13.8 Å². The lowest BCUT2D eigenvalue weighted by molar-refractivity contribution is 0.102. The van der Waals surface area contributed by atoms with Crippen molar-refractivity contribution in [2.75, 3.05) is 11.9 Å². The molecule has 2 aromatic rings. The average Bonchev–Trinajstić information content (AvgIpc) is 2.82. The molecule has 0 aliphatic heterocycles. The first-order chi connectivity index (χ1) is 9.63. The van der Waals surface area contributed by atoms with Crippen molar-refractivity contribution in [1.29, 1.82) is 0 Å². The van der Waals surface area contributed by atoms with Crippen LogP contribution in [0.25, 0.3) is 0 Å². The zero-order chi connectivity index (χ0) is 14.5. The van der Waals surface area contributed by atoms with Gasteiger partial charge in [0.2, 0.25) is 5.88 Å². The molecule has 1 aromatic heterocycles. The van der Waals surface area contributed by atoms with E-state index in [0.29, 0.717) is 24.4 Å². The van der Waals surface area contributed by atoms with Crippen LogP contribution in [-0.2, 0) is 6.54 Å². The predicted octanol–water partition coefficient (Wildman–Crippen LogP) is 2.69. The molecule has 0 aliphatic carbocycles. The Balaban J connectivity index is 2.22. The average molecular weight is 277 g/mol. The number of ether oxygens (including phenoxy) is 1. The topological polar surface area (TPSA) is 56.2 Å². The standard InChI is InChI=1S/C14H16FN3O2/c1-3-18-9-12(14(17-18)20-4-2)13(19)16-11-7-5-6-10(15)8-11/h5-9H,3-4H2,1-2H3,(H,16,19). The largest absolute Gasteiger partial charge is 0.476 e. The summed E-state index contributed by atoms with van der Waals surface area (Å²) in [5, 5.41) is 6.78. The van der Waals surface area contributed by atoms with Crippen LogP contribution in [0, 0.1) is 5.82 Å². The maximum atomic E-state index is 13.1. The van der Waals surface area contributed by atoms with Gasteiger partial charge in [0.15, 0.2) is 0 Å². The molecule has 0 bridgehead atoms.